The lowest BCUT2D eigenvalue weighted by Crippen LogP contribution is -2.45. The van der Waals surface area contributed by atoms with E-state index in [2.05, 4.69) is 55.6 Å². The lowest BCUT2D eigenvalue weighted by molar-refractivity contribution is -0.143. The second kappa shape index (κ2) is 80.3. The van der Waals surface area contributed by atoms with Crippen molar-refractivity contribution in [1.82, 2.24) is 5.32 Å². The van der Waals surface area contributed by atoms with Crippen molar-refractivity contribution in [2.45, 2.75) is 469 Å². The molecule has 0 saturated heterocycles. The molecular weight excluding hydrogens is 1110 g/mol. The maximum Gasteiger partial charge on any atom is 0.305 e. The first-order valence-corrected chi connectivity index (χ1v) is 41.4. The Bertz CT molecular complexity index is 1520. The van der Waals surface area contributed by atoms with E-state index < -0.39 is 12.1 Å². The number of hydrogen-bond donors (Lipinski definition) is 3. The number of unbranched alkanes of at least 4 members (excludes halogenated alkanes) is 61. The molecule has 0 heterocycles. The highest BCUT2D eigenvalue weighted by Gasteiger charge is 2.18. The van der Waals surface area contributed by atoms with Crippen molar-refractivity contribution in [2.75, 3.05) is 13.2 Å². The standard InChI is InChI=1S/C85H161NO5/c1-3-5-7-9-11-13-15-17-19-21-43-47-51-55-59-63-67-71-75-79-85(90)91-80-76-72-68-64-60-56-52-48-45-42-40-38-36-34-32-30-28-26-24-22-23-25-27-29-31-33-35-37-39-41-44-46-50-54-58-62-66-70-74-78-84(89)86-82(81-87)83(88)77-73-69-65-61-57-53-49-20-18-16-14-12-10-8-6-4-2/h11,13,17,19,22-23,73,77,82-83,87-88H,3-10,12,14-16,18,20-21,24-72,74-76,78-81H2,1-2H3,(H,86,89)/b13-11-,19-17-,23-22-,77-73+. The zero-order chi connectivity index (χ0) is 65.6. The largest absolute Gasteiger partial charge is 0.466 e. The number of esters is 1. The molecule has 0 rings (SSSR count). The van der Waals surface area contributed by atoms with Gasteiger partial charge in [0.05, 0.1) is 25.4 Å². The highest BCUT2D eigenvalue weighted by Crippen LogP contribution is 2.20. The number of aliphatic hydroxyl groups is 2. The monoisotopic (exact) mass is 1280 g/mol. The molecule has 0 saturated carbocycles. The van der Waals surface area contributed by atoms with Gasteiger partial charge in [-0.05, 0) is 89.9 Å². The smallest absolute Gasteiger partial charge is 0.305 e. The predicted octanol–water partition coefficient (Wildman–Crippen LogP) is 27.5. The van der Waals surface area contributed by atoms with Crippen molar-refractivity contribution in [3.05, 3.63) is 48.6 Å². The first kappa shape index (κ1) is 88.8. The van der Waals surface area contributed by atoms with E-state index >= 15 is 0 Å². The summed E-state index contributed by atoms with van der Waals surface area (Å²) in [5, 5.41) is 23.2. The van der Waals surface area contributed by atoms with E-state index in [1.165, 1.54) is 385 Å². The van der Waals surface area contributed by atoms with Crippen LogP contribution in [0, 0.1) is 0 Å². The fourth-order valence-electron chi connectivity index (χ4n) is 13.0. The molecule has 6 nitrogen and oxygen atoms in total. The Labute approximate surface area is 569 Å². The molecule has 0 aromatic heterocycles. The second-order valence-electron chi connectivity index (χ2n) is 28.4. The number of amides is 1. The minimum atomic E-state index is -0.842. The van der Waals surface area contributed by atoms with Gasteiger partial charge in [0.2, 0.25) is 5.91 Å². The quantitative estimate of drug-likeness (QED) is 0.0320. The zero-order valence-corrected chi connectivity index (χ0v) is 61.6. The van der Waals surface area contributed by atoms with Gasteiger partial charge in [-0.1, -0.05) is 403 Å². The summed E-state index contributed by atoms with van der Waals surface area (Å²) < 4.78 is 5.52. The van der Waals surface area contributed by atoms with E-state index in [1.807, 2.05) is 6.08 Å². The third-order valence-corrected chi connectivity index (χ3v) is 19.3. The van der Waals surface area contributed by atoms with Gasteiger partial charge in [-0.3, -0.25) is 9.59 Å². The maximum absolute atomic E-state index is 12.5. The molecule has 6 heteroatoms. The molecule has 0 aromatic rings. The van der Waals surface area contributed by atoms with Gasteiger partial charge in [0, 0.05) is 12.8 Å². The number of aliphatic hydroxyl groups excluding tert-OH is 2. The molecule has 0 aliphatic rings. The van der Waals surface area contributed by atoms with Gasteiger partial charge in [-0.25, -0.2) is 0 Å². The van der Waals surface area contributed by atoms with Gasteiger partial charge in [0.25, 0.3) is 0 Å². The van der Waals surface area contributed by atoms with Crippen LogP contribution in [0.2, 0.25) is 0 Å². The Hall–Kier alpha value is -2.18. The molecule has 0 radical (unpaired) electrons. The molecule has 0 spiro atoms. The van der Waals surface area contributed by atoms with Gasteiger partial charge < -0.3 is 20.3 Å². The fourth-order valence-corrected chi connectivity index (χ4v) is 13.0. The summed E-state index contributed by atoms with van der Waals surface area (Å²) in [7, 11) is 0. The van der Waals surface area contributed by atoms with Crippen LogP contribution in [-0.4, -0.2) is 47.4 Å². The van der Waals surface area contributed by atoms with Crippen molar-refractivity contribution in [1.29, 1.82) is 0 Å². The molecule has 0 aliphatic heterocycles. The number of ether oxygens (including phenoxy) is 1. The highest BCUT2D eigenvalue weighted by molar-refractivity contribution is 5.76. The Balaban J connectivity index is 3.33. The van der Waals surface area contributed by atoms with Crippen molar-refractivity contribution in [3.8, 4) is 0 Å². The summed E-state index contributed by atoms with van der Waals surface area (Å²) in [4.78, 5) is 24.6. The average Bonchev–Trinajstić information content (AvgIpc) is 3.67. The van der Waals surface area contributed by atoms with E-state index in [-0.39, 0.29) is 18.5 Å². The van der Waals surface area contributed by atoms with Crippen LogP contribution < -0.4 is 5.32 Å². The summed E-state index contributed by atoms with van der Waals surface area (Å²) in [6.07, 6.45) is 107. The molecule has 536 valence electrons. The zero-order valence-electron chi connectivity index (χ0n) is 61.6. The number of rotatable bonds is 78. The fraction of sp³-hybridized carbons (Fsp3) is 0.882. The molecule has 0 fully saturated rings. The molecule has 0 aliphatic carbocycles. The normalized spacial score (nSPS) is 12.7. The van der Waals surface area contributed by atoms with E-state index in [9.17, 15) is 19.8 Å². The number of allylic oxidation sites excluding steroid dienone is 7. The minimum absolute atomic E-state index is 0.0190. The van der Waals surface area contributed by atoms with Gasteiger partial charge >= 0.3 is 5.97 Å². The summed E-state index contributed by atoms with van der Waals surface area (Å²) in [6, 6.07) is -0.625. The average molecular weight is 1280 g/mol. The van der Waals surface area contributed by atoms with Crippen LogP contribution in [0.15, 0.2) is 48.6 Å². The van der Waals surface area contributed by atoms with Gasteiger partial charge in [-0.15, -0.1) is 0 Å². The van der Waals surface area contributed by atoms with Gasteiger partial charge in [0.15, 0.2) is 0 Å². The summed E-state index contributed by atoms with van der Waals surface area (Å²) in [5.74, 6) is -0.0415. The lowest BCUT2D eigenvalue weighted by Gasteiger charge is -2.20. The van der Waals surface area contributed by atoms with Crippen molar-refractivity contribution in [3.63, 3.8) is 0 Å². The van der Waals surface area contributed by atoms with E-state index in [1.54, 1.807) is 6.08 Å². The first-order valence-electron chi connectivity index (χ1n) is 41.4. The van der Waals surface area contributed by atoms with Crippen LogP contribution in [0.5, 0.6) is 0 Å². The van der Waals surface area contributed by atoms with Crippen LogP contribution in [0.25, 0.3) is 0 Å². The Morgan fingerprint density at radius 2 is 0.549 bits per heavy atom. The van der Waals surface area contributed by atoms with Crippen molar-refractivity contribution >= 4 is 11.9 Å². The molecule has 3 N–H and O–H groups in total. The molecule has 2 unspecified atom stereocenters. The van der Waals surface area contributed by atoms with Crippen LogP contribution in [0.4, 0.5) is 0 Å². The summed E-state index contributed by atoms with van der Waals surface area (Å²) >= 11 is 0. The molecule has 0 bridgehead atoms. The van der Waals surface area contributed by atoms with E-state index in [4.69, 9.17) is 4.74 Å². The Morgan fingerprint density at radius 3 is 0.868 bits per heavy atom. The molecule has 2 atom stereocenters. The SMILES string of the molecule is CCCCC/C=C\C/C=C\CCCCCCCCCCCC(=O)OCCCCCCCCCCCCCCCCCCCC/C=C\CCCCCCCCCCCCCCCCCCCC(=O)NC(CO)C(O)/C=C/CCCCCCCCCCCCCCCC. The molecule has 91 heavy (non-hydrogen) atoms. The number of hydrogen-bond acceptors (Lipinski definition) is 5. The lowest BCUT2D eigenvalue weighted by atomic mass is 10.0. The summed E-state index contributed by atoms with van der Waals surface area (Å²) in [6.45, 7) is 4.92. The maximum atomic E-state index is 12.5. The summed E-state index contributed by atoms with van der Waals surface area (Å²) in [5.41, 5.74) is 0. The number of nitrogens with one attached hydrogen (secondary N) is 1. The van der Waals surface area contributed by atoms with Crippen LogP contribution in [0.3, 0.4) is 0 Å². The van der Waals surface area contributed by atoms with Crippen LogP contribution in [-0.2, 0) is 14.3 Å². The van der Waals surface area contributed by atoms with Gasteiger partial charge in [0.1, 0.15) is 0 Å². The van der Waals surface area contributed by atoms with Crippen LogP contribution >= 0.6 is 0 Å². The molecular formula is C85H161NO5. The number of carbonyl (C=O) groups excluding carboxylic acids is 2. The third-order valence-electron chi connectivity index (χ3n) is 19.3. The predicted molar refractivity (Wildman–Crippen MR) is 402 cm³/mol. The van der Waals surface area contributed by atoms with Crippen molar-refractivity contribution < 1.29 is 24.5 Å². The van der Waals surface area contributed by atoms with Crippen molar-refractivity contribution in [2.24, 2.45) is 0 Å². The van der Waals surface area contributed by atoms with E-state index in [0.717, 1.165) is 44.9 Å². The van der Waals surface area contributed by atoms with Crippen LogP contribution in [0.1, 0.15) is 457 Å². The van der Waals surface area contributed by atoms with Gasteiger partial charge in [-0.2, -0.15) is 0 Å². The Morgan fingerprint density at radius 1 is 0.308 bits per heavy atom. The molecule has 0 aromatic carbocycles. The first-order chi connectivity index (χ1) is 45.0. The highest BCUT2D eigenvalue weighted by atomic mass is 16.5. The third kappa shape index (κ3) is 76.7. The molecule has 1 amide bonds. The minimum Gasteiger partial charge on any atom is -0.466 e. The Kier molecular flexibility index (Phi) is 78.3. The topological polar surface area (TPSA) is 95.9 Å². The van der Waals surface area contributed by atoms with E-state index in [0.29, 0.717) is 19.4 Å². The second-order valence-corrected chi connectivity index (χ2v) is 28.4. The number of carbonyl (C=O) groups is 2.